The second-order valence-corrected chi connectivity index (χ2v) is 4.90. The first-order chi connectivity index (χ1) is 4.67. The zero-order valence-electron chi connectivity index (χ0n) is 6.89. The molecule has 1 rings (SSSR count). The van der Waals surface area contributed by atoms with Crippen molar-refractivity contribution in [2.24, 2.45) is 17.1 Å². The maximum absolute atomic E-state index is 5.68. The SMILES string of the molecule is CC(C)(CN)C1CCSC1. The largest absolute Gasteiger partial charge is 0.330 e. The van der Waals surface area contributed by atoms with E-state index in [0.29, 0.717) is 5.41 Å². The van der Waals surface area contributed by atoms with Crippen LogP contribution >= 0.6 is 11.8 Å². The fourth-order valence-electron chi connectivity index (χ4n) is 1.32. The minimum Gasteiger partial charge on any atom is -0.330 e. The van der Waals surface area contributed by atoms with Crippen molar-refractivity contribution in [3.8, 4) is 0 Å². The topological polar surface area (TPSA) is 26.0 Å². The molecule has 0 amide bonds. The van der Waals surface area contributed by atoms with Gasteiger partial charge >= 0.3 is 0 Å². The van der Waals surface area contributed by atoms with Gasteiger partial charge in [0.05, 0.1) is 0 Å². The summed E-state index contributed by atoms with van der Waals surface area (Å²) in [6.45, 7) is 5.39. The van der Waals surface area contributed by atoms with E-state index in [4.69, 9.17) is 5.73 Å². The molecule has 2 N–H and O–H groups in total. The molecule has 0 aliphatic carbocycles. The van der Waals surface area contributed by atoms with Gasteiger partial charge in [0.1, 0.15) is 0 Å². The molecule has 1 atom stereocenters. The summed E-state index contributed by atoms with van der Waals surface area (Å²) in [5.41, 5.74) is 6.06. The fraction of sp³-hybridized carbons (Fsp3) is 1.00. The summed E-state index contributed by atoms with van der Waals surface area (Å²) in [7, 11) is 0. The van der Waals surface area contributed by atoms with Gasteiger partial charge in [0.25, 0.3) is 0 Å². The summed E-state index contributed by atoms with van der Waals surface area (Å²) in [5, 5.41) is 0. The molecule has 0 aromatic heterocycles. The van der Waals surface area contributed by atoms with E-state index in [0.717, 1.165) is 12.5 Å². The lowest BCUT2D eigenvalue weighted by Crippen LogP contribution is -2.32. The highest BCUT2D eigenvalue weighted by Gasteiger charge is 2.30. The molecular weight excluding hydrogens is 142 g/mol. The van der Waals surface area contributed by atoms with Gasteiger partial charge in [-0.2, -0.15) is 11.8 Å². The van der Waals surface area contributed by atoms with Gasteiger partial charge in [-0.1, -0.05) is 13.8 Å². The van der Waals surface area contributed by atoms with Gasteiger partial charge in [-0.05, 0) is 35.8 Å². The van der Waals surface area contributed by atoms with Crippen molar-refractivity contribution in [1.29, 1.82) is 0 Å². The quantitative estimate of drug-likeness (QED) is 0.664. The van der Waals surface area contributed by atoms with Crippen molar-refractivity contribution in [1.82, 2.24) is 0 Å². The Labute approximate surface area is 67.8 Å². The van der Waals surface area contributed by atoms with Crippen LogP contribution in [0.25, 0.3) is 0 Å². The smallest absolute Gasteiger partial charge is 0.00229 e. The van der Waals surface area contributed by atoms with Crippen LogP contribution in [0.4, 0.5) is 0 Å². The Kier molecular flexibility index (Phi) is 2.64. The molecule has 1 saturated heterocycles. The maximum atomic E-state index is 5.68. The summed E-state index contributed by atoms with van der Waals surface area (Å²) in [6, 6.07) is 0. The third kappa shape index (κ3) is 1.67. The van der Waals surface area contributed by atoms with Crippen molar-refractivity contribution < 1.29 is 0 Å². The van der Waals surface area contributed by atoms with Gasteiger partial charge in [0.2, 0.25) is 0 Å². The number of hydrogen-bond acceptors (Lipinski definition) is 2. The van der Waals surface area contributed by atoms with Crippen molar-refractivity contribution in [2.45, 2.75) is 20.3 Å². The molecule has 0 spiro atoms. The summed E-state index contributed by atoms with van der Waals surface area (Å²) >= 11 is 2.07. The summed E-state index contributed by atoms with van der Waals surface area (Å²) in [5.74, 6) is 3.53. The lowest BCUT2D eigenvalue weighted by atomic mass is 9.79. The van der Waals surface area contributed by atoms with Gasteiger partial charge < -0.3 is 5.73 Å². The number of thioether (sulfide) groups is 1. The van der Waals surface area contributed by atoms with Crippen LogP contribution in [0, 0.1) is 11.3 Å². The van der Waals surface area contributed by atoms with E-state index in [1.54, 1.807) is 0 Å². The maximum Gasteiger partial charge on any atom is -0.00229 e. The molecule has 1 aliphatic rings. The van der Waals surface area contributed by atoms with E-state index in [1.807, 2.05) is 0 Å². The second kappa shape index (κ2) is 3.14. The van der Waals surface area contributed by atoms with Crippen molar-refractivity contribution in [3.05, 3.63) is 0 Å². The first kappa shape index (κ1) is 8.41. The van der Waals surface area contributed by atoms with Crippen LogP contribution in [0.15, 0.2) is 0 Å². The van der Waals surface area contributed by atoms with Crippen molar-refractivity contribution in [3.63, 3.8) is 0 Å². The lowest BCUT2D eigenvalue weighted by Gasteiger charge is -2.29. The van der Waals surface area contributed by atoms with Gasteiger partial charge in [0, 0.05) is 0 Å². The highest BCUT2D eigenvalue weighted by molar-refractivity contribution is 7.99. The molecular formula is C8H17NS. The Morgan fingerprint density at radius 3 is 2.70 bits per heavy atom. The standard InChI is InChI=1S/C8H17NS/c1-8(2,6-9)7-3-4-10-5-7/h7H,3-6,9H2,1-2H3. The summed E-state index contributed by atoms with van der Waals surface area (Å²) in [4.78, 5) is 0. The van der Waals surface area contributed by atoms with E-state index in [-0.39, 0.29) is 0 Å². The zero-order chi connectivity index (χ0) is 7.61. The molecule has 0 saturated carbocycles. The van der Waals surface area contributed by atoms with Crippen molar-refractivity contribution in [2.75, 3.05) is 18.1 Å². The van der Waals surface area contributed by atoms with E-state index in [2.05, 4.69) is 25.6 Å². The molecule has 10 heavy (non-hydrogen) atoms. The van der Waals surface area contributed by atoms with Crippen LogP contribution in [0.3, 0.4) is 0 Å². The lowest BCUT2D eigenvalue weighted by molar-refractivity contribution is 0.247. The normalized spacial score (nSPS) is 27.3. The molecule has 0 radical (unpaired) electrons. The predicted octanol–water partition coefficient (Wildman–Crippen LogP) is 1.72. The van der Waals surface area contributed by atoms with E-state index in [9.17, 15) is 0 Å². The van der Waals surface area contributed by atoms with Gasteiger partial charge in [0.15, 0.2) is 0 Å². The van der Waals surface area contributed by atoms with E-state index < -0.39 is 0 Å². The molecule has 2 heteroatoms. The first-order valence-corrected chi connectivity index (χ1v) is 5.10. The average molecular weight is 159 g/mol. The third-order valence-electron chi connectivity index (χ3n) is 2.56. The van der Waals surface area contributed by atoms with Gasteiger partial charge in [-0.25, -0.2) is 0 Å². The number of rotatable bonds is 2. The Hall–Kier alpha value is 0.310. The Morgan fingerprint density at radius 1 is 1.60 bits per heavy atom. The molecule has 1 fully saturated rings. The van der Waals surface area contributed by atoms with Crippen LogP contribution in [-0.2, 0) is 0 Å². The van der Waals surface area contributed by atoms with Gasteiger partial charge in [-0.15, -0.1) is 0 Å². The second-order valence-electron chi connectivity index (χ2n) is 3.75. The highest BCUT2D eigenvalue weighted by Crippen LogP contribution is 2.36. The van der Waals surface area contributed by atoms with E-state index >= 15 is 0 Å². The molecule has 0 bridgehead atoms. The number of nitrogens with two attached hydrogens (primary N) is 1. The fourth-order valence-corrected chi connectivity index (χ4v) is 2.84. The molecule has 1 nitrogen and oxygen atoms in total. The van der Waals surface area contributed by atoms with Gasteiger partial charge in [-0.3, -0.25) is 0 Å². The van der Waals surface area contributed by atoms with Crippen LogP contribution in [0.1, 0.15) is 20.3 Å². The minimum atomic E-state index is 0.378. The first-order valence-electron chi connectivity index (χ1n) is 3.94. The highest BCUT2D eigenvalue weighted by atomic mass is 32.2. The Balaban J connectivity index is 2.45. The zero-order valence-corrected chi connectivity index (χ0v) is 7.71. The van der Waals surface area contributed by atoms with Crippen LogP contribution in [0.5, 0.6) is 0 Å². The molecule has 1 heterocycles. The van der Waals surface area contributed by atoms with Crippen LogP contribution in [-0.4, -0.2) is 18.1 Å². The molecule has 60 valence electrons. The summed E-state index contributed by atoms with van der Waals surface area (Å²) in [6.07, 6.45) is 1.37. The third-order valence-corrected chi connectivity index (χ3v) is 3.72. The van der Waals surface area contributed by atoms with E-state index in [1.165, 1.54) is 17.9 Å². The summed E-state index contributed by atoms with van der Waals surface area (Å²) < 4.78 is 0. The average Bonchev–Trinajstić information content (AvgIpc) is 2.38. The molecule has 0 aromatic carbocycles. The molecule has 1 aliphatic heterocycles. The Morgan fingerprint density at radius 2 is 2.30 bits per heavy atom. The van der Waals surface area contributed by atoms with Crippen molar-refractivity contribution >= 4 is 11.8 Å². The molecule has 0 aromatic rings. The van der Waals surface area contributed by atoms with Crippen LogP contribution < -0.4 is 5.73 Å². The Bertz CT molecular complexity index is 106. The minimum absolute atomic E-state index is 0.378. The number of hydrogen-bond donors (Lipinski definition) is 1. The van der Waals surface area contributed by atoms with Crippen LogP contribution in [0.2, 0.25) is 0 Å². The molecule has 1 unspecified atom stereocenters. The monoisotopic (exact) mass is 159 g/mol. The predicted molar refractivity (Wildman–Crippen MR) is 48.3 cm³/mol.